The van der Waals surface area contributed by atoms with Crippen LogP contribution in [0.1, 0.15) is 44.9 Å². The third kappa shape index (κ3) is 5.04. The fourth-order valence-corrected chi connectivity index (χ4v) is 3.27. The Balaban J connectivity index is 1.78. The van der Waals surface area contributed by atoms with E-state index in [0.717, 1.165) is 38.9 Å². The van der Waals surface area contributed by atoms with Crippen molar-refractivity contribution in [2.45, 2.75) is 57.0 Å². The van der Waals surface area contributed by atoms with E-state index in [1.54, 1.807) is 0 Å². The Labute approximate surface area is 121 Å². The average molecular weight is 284 g/mol. The van der Waals surface area contributed by atoms with Crippen LogP contribution >= 0.6 is 0 Å². The number of aliphatic hydroxyl groups excluding tert-OH is 1. The summed E-state index contributed by atoms with van der Waals surface area (Å²) in [6.07, 6.45) is 7.93. The second kappa shape index (κ2) is 8.60. The first-order valence-corrected chi connectivity index (χ1v) is 8.01. The highest BCUT2D eigenvalue weighted by atomic mass is 16.5. The zero-order chi connectivity index (χ0) is 14.2. The molecule has 2 fully saturated rings. The molecule has 5 nitrogen and oxygen atoms in total. The smallest absolute Gasteiger partial charge is 0.234 e. The Bertz CT molecular complexity index is 287. The molecule has 116 valence electrons. The van der Waals surface area contributed by atoms with Gasteiger partial charge in [-0.05, 0) is 25.7 Å². The average Bonchev–Trinajstić information content (AvgIpc) is 2.49. The van der Waals surface area contributed by atoms with Gasteiger partial charge in [0, 0.05) is 31.8 Å². The third-order valence-corrected chi connectivity index (χ3v) is 4.41. The van der Waals surface area contributed by atoms with Crippen LogP contribution in [-0.2, 0) is 9.53 Å². The van der Waals surface area contributed by atoms with E-state index < -0.39 is 0 Å². The number of nitrogens with zero attached hydrogens (tertiary/aromatic N) is 1. The highest BCUT2D eigenvalue weighted by Gasteiger charge is 2.24. The van der Waals surface area contributed by atoms with Gasteiger partial charge in [-0.25, -0.2) is 0 Å². The molecule has 2 rings (SSSR count). The van der Waals surface area contributed by atoms with Crippen molar-refractivity contribution >= 4 is 5.91 Å². The molecular weight excluding hydrogens is 256 g/mol. The highest BCUT2D eigenvalue weighted by Crippen LogP contribution is 2.22. The molecule has 0 unspecified atom stereocenters. The molecule has 5 heteroatoms. The third-order valence-electron chi connectivity index (χ3n) is 4.41. The van der Waals surface area contributed by atoms with Gasteiger partial charge in [-0.15, -0.1) is 0 Å². The lowest BCUT2D eigenvalue weighted by molar-refractivity contribution is -0.124. The number of aliphatic hydroxyl groups is 1. The standard InChI is InChI=1S/C15H28N2O3/c18-9-8-17(14-4-2-1-3-5-14)12-15(19)16-13-6-10-20-11-7-13/h13-14,18H,1-12H2,(H,16,19). The van der Waals surface area contributed by atoms with Crippen molar-refractivity contribution in [3.8, 4) is 0 Å². The predicted molar refractivity (Wildman–Crippen MR) is 77.5 cm³/mol. The van der Waals surface area contributed by atoms with Crippen molar-refractivity contribution in [1.82, 2.24) is 10.2 Å². The van der Waals surface area contributed by atoms with Crippen molar-refractivity contribution in [2.24, 2.45) is 0 Å². The van der Waals surface area contributed by atoms with Gasteiger partial charge in [-0.2, -0.15) is 0 Å². The van der Waals surface area contributed by atoms with E-state index in [1.165, 1.54) is 19.3 Å². The van der Waals surface area contributed by atoms with Gasteiger partial charge in [-0.1, -0.05) is 19.3 Å². The molecule has 2 N–H and O–H groups in total. The summed E-state index contributed by atoms with van der Waals surface area (Å²) in [5, 5.41) is 12.3. The molecule has 0 atom stereocenters. The maximum Gasteiger partial charge on any atom is 0.234 e. The van der Waals surface area contributed by atoms with Crippen LogP contribution in [0.25, 0.3) is 0 Å². The van der Waals surface area contributed by atoms with E-state index in [-0.39, 0.29) is 18.6 Å². The van der Waals surface area contributed by atoms with E-state index in [2.05, 4.69) is 10.2 Å². The first-order chi connectivity index (χ1) is 9.79. The molecule has 1 amide bonds. The quantitative estimate of drug-likeness (QED) is 0.761. The minimum absolute atomic E-state index is 0.0934. The molecule has 0 aromatic carbocycles. The number of hydrogen-bond donors (Lipinski definition) is 2. The number of hydrogen-bond acceptors (Lipinski definition) is 4. The SMILES string of the molecule is O=C(CN(CCO)C1CCCCC1)NC1CCOCC1. The van der Waals surface area contributed by atoms with Gasteiger partial charge in [0.05, 0.1) is 13.2 Å². The molecule has 0 bridgehead atoms. The number of carbonyl (C=O) groups excluding carboxylic acids is 1. The first-order valence-electron chi connectivity index (χ1n) is 8.01. The zero-order valence-electron chi connectivity index (χ0n) is 12.4. The van der Waals surface area contributed by atoms with Crippen LogP contribution in [0.15, 0.2) is 0 Å². The van der Waals surface area contributed by atoms with Gasteiger partial charge in [0.15, 0.2) is 0 Å². The van der Waals surface area contributed by atoms with Gasteiger partial charge >= 0.3 is 0 Å². The first kappa shape index (κ1) is 15.7. The highest BCUT2D eigenvalue weighted by molar-refractivity contribution is 5.78. The fraction of sp³-hybridized carbons (Fsp3) is 0.933. The number of carbonyl (C=O) groups is 1. The van der Waals surface area contributed by atoms with Crippen LogP contribution in [0.3, 0.4) is 0 Å². The second-order valence-electron chi connectivity index (χ2n) is 5.94. The zero-order valence-corrected chi connectivity index (χ0v) is 12.4. The Morgan fingerprint density at radius 2 is 1.85 bits per heavy atom. The monoisotopic (exact) mass is 284 g/mol. The van der Waals surface area contributed by atoms with Crippen molar-refractivity contribution in [3.63, 3.8) is 0 Å². The predicted octanol–water partition coefficient (Wildman–Crippen LogP) is 0.909. The molecule has 0 radical (unpaired) electrons. The van der Waals surface area contributed by atoms with Gasteiger partial charge in [0.1, 0.15) is 0 Å². The summed E-state index contributed by atoms with van der Waals surface area (Å²) in [6.45, 7) is 2.64. The van der Waals surface area contributed by atoms with E-state index in [9.17, 15) is 9.90 Å². The minimum atomic E-state index is 0.0934. The summed E-state index contributed by atoms with van der Waals surface area (Å²) < 4.78 is 5.30. The van der Waals surface area contributed by atoms with Crippen molar-refractivity contribution in [3.05, 3.63) is 0 Å². The van der Waals surface area contributed by atoms with Crippen LogP contribution in [0.5, 0.6) is 0 Å². The Hall–Kier alpha value is -0.650. The van der Waals surface area contributed by atoms with Gasteiger partial charge in [0.2, 0.25) is 5.91 Å². The summed E-state index contributed by atoms with van der Waals surface area (Å²) in [6, 6.07) is 0.731. The van der Waals surface area contributed by atoms with Crippen molar-refractivity contribution in [1.29, 1.82) is 0 Å². The van der Waals surface area contributed by atoms with Crippen LogP contribution in [0.4, 0.5) is 0 Å². The molecule has 0 spiro atoms. The summed E-state index contributed by atoms with van der Waals surface area (Å²) >= 11 is 0. The van der Waals surface area contributed by atoms with Gasteiger partial charge in [-0.3, -0.25) is 9.69 Å². The molecule has 1 saturated heterocycles. The van der Waals surface area contributed by atoms with E-state index >= 15 is 0 Å². The molecule has 1 aliphatic carbocycles. The molecule has 1 heterocycles. The lowest BCUT2D eigenvalue weighted by atomic mass is 9.94. The molecule has 0 aromatic heterocycles. The van der Waals surface area contributed by atoms with E-state index in [0.29, 0.717) is 19.1 Å². The summed E-state index contributed by atoms with van der Waals surface area (Å²) in [5.41, 5.74) is 0. The number of ether oxygens (including phenoxy) is 1. The molecule has 2 aliphatic rings. The van der Waals surface area contributed by atoms with Gasteiger partial charge < -0.3 is 15.2 Å². The summed E-state index contributed by atoms with van der Waals surface area (Å²) in [4.78, 5) is 14.3. The molecule has 20 heavy (non-hydrogen) atoms. The Morgan fingerprint density at radius 1 is 1.15 bits per heavy atom. The van der Waals surface area contributed by atoms with Crippen LogP contribution in [0, 0.1) is 0 Å². The summed E-state index contributed by atoms with van der Waals surface area (Å²) in [5.74, 6) is 0.0934. The number of rotatable bonds is 6. The van der Waals surface area contributed by atoms with Crippen molar-refractivity contribution in [2.75, 3.05) is 32.9 Å². The van der Waals surface area contributed by atoms with Crippen molar-refractivity contribution < 1.29 is 14.6 Å². The van der Waals surface area contributed by atoms with Crippen LogP contribution in [0.2, 0.25) is 0 Å². The van der Waals surface area contributed by atoms with E-state index in [1.807, 2.05) is 0 Å². The summed E-state index contributed by atoms with van der Waals surface area (Å²) in [7, 11) is 0. The fourth-order valence-electron chi connectivity index (χ4n) is 3.27. The topological polar surface area (TPSA) is 61.8 Å². The molecule has 0 aromatic rings. The maximum atomic E-state index is 12.2. The lowest BCUT2D eigenvalue weighted by Crippen LogP contribution is -2.48. The molecule has 1 saturated carbocycles. The largest absolute Gasteiger partial charge is 0.395 e. The normalized spacial score (nSPS) is 22.1. The van der Waals surface area contributed by atoms with Gasteiger partial charge in [0.25, 0.3) is 0 Å². The maximum absolute atomic E-state index is 12.2. The van der Waals surface area contributed by atoms with Crippen LogP contribution < -0.4 is 5.32 Å². The molecular formula is C15H28N2O3. The number of amides is 1. The number of nitrogens with one attached hydrogen (secondary N) is 1. The second-order valence-corrected chi connectivity index (χ2v) is 5.94. The Morgan fingerprint density at radius 3 is 2.50 bits per heavy atom. The molecule has 1 aliphatic heterocycles. The minimum Gasteiger partial charge on any atom is -0.395 e. The Kier molecular flexibility index (Phi) is 6.76. The van der Waals surface area contributed by atoms with E-state index in [4.69, 9.17) is 4.74 Å². The lowest BCUT2D eigenvalue weighted by Gasteiger charge is -2.34. The van der Waals surface area contributed by atoms with Crippen LogP contribution in [-0.4, -0.2) is 60.9 Å².